The summed E-state index contributed by atoms with van der Waals surface area (Å²) in [4.78, 5) is 0. The molecule has 0 radical (unpaired) electrons. The van der Waals surface area contributed by atoms with E-state index in [0.29, 0.717) is 19.6 Å². The summed E-state index contributed by atoms with van der Waals surface area (Å²) < 4.78 is 5.83. The third-order valence-corrected chi connectivity index (χ3v) is 4.35. The van der Waals surface area contributed by atoms with Gasteiger partial charge in [0.2, 0.25) is 0 Å². The number of nitrogens with two attached hydrogens (primary N) is 1. The monoisotopic (exact) mass is 279 g/mol. The lowest BCUT2D eigenvalue weighted by Crippen LogP contribution is -2.41. The fourth-order valence-corrected chi connectivity index (χ4v) is 3.09. The fourth-order valence-electron chi connectivity index (χ4n) is 3.09. The number of benzene rings is 1. The Bertz CT molecular complexity index is 424. The first-order valence-corrected chi connectivity index (χ1v) is 7.43. The summed E-state index contributed by atoms with van der Waals surface area (Å²) in [6.07, 6.45) is 4.29. The van der Waals surface area contributed by atoms with E-state index in [1.807, 2.05) is 24.3 Å². The normalized spacial score (nSPS) is 25.9. The molecule has 1 aromatic rings. The summed E-state index contributed by atoms with van der Waals surface area (Å²) >= 11 is 0. The Morgan fingerprint density at radius 1 is 1.35 bits per heavy atom. The lowest BCUT2D eigenvalue weighted by atomic mass is 9.88. The van der Waals surface area contributed by atoms with E-state index in [1.165, 1.54) is 0 Å². The van der Waals surface area contributed by atoms with Gasteiger partial charge in [0, 0.05) is 13.2 Å². The molecule has 0 amide bonds. The van der Waals surface area contributed by atoms with Crippen LogP contribution in [0.4, 0.5) is 0 Å². The summed E-state index contributed by atoms with van der Waals surface area (Å²) in [6, 6.07) is 7.77. The molecular weight excluding hydrogens is 254 g/mol. The van der Waals surface area contributed by atoms with E-state index in [4.69, 9.17) is 15.6 Å². The minimum absolute atomic E-state index is 0.121. The van der Waals surface area contributed by atoms with Crippen molar-refractivity contribution in [3.05, 3.63) is 29.8 Å². The molecule has 0 saturated heterocycles. The van der Waals surface area contributed by atoms with Crippen molar-refractivity contribution in [2.24, 2.45) is 11.7 Å². The summed E-state index contributed by atoms with van der Waals surface area (Å²) in [7, 11) is 0. The predicted molar refractivity (Wildman–Crippen MR) is 78.7 cm³/mol. The van der Waals surface area contributed by atoms with Crippen LogP contribution < -0.4 is 10.5 Å². The van der Waals surface area contributed by atoms with Crippen molar-refractivity contribution in [2.75, 3.05) is 19.8 Å². The van der Waals surface area contributed by atoms with Crippen LogP contribution in [0.1, 0.15) is 31.2 Å². The molecule has 2 unspecified atom stereocenters. The summed E-state index contributed by atoms with van der Waals surface area (Å²) in [5, 5.41) is 19.4. The highest BCUT2D eigenvalue weighted by Gasteiger charge is 2.39. The second-order valence-electron chi connectivity index (χ2n) is 5.62. The van der Waals surface area contributed by atoms with Crippen LogP contribution in [0.3, 0.4) is 0 Å². The molecule has 1 saturated carbocycles. The average molecular weight is 279 g/mol. The lowest BCUT2D eigenvalue weighted by Gasteiger charge is -2.28. The van der Waals surface area contributed by atoms with Crippen molar-refractivity contribution in [3.8, 4) is 5.75 Å². The second kappa shape index (κ2) is 7.07. The Morgan fingerprint density at radius 3 is 2.90 bits per heavy atom. The Hall–Kier alpha value is -1.10. The maximum absolute atomic E-state index is 10.4. The van der Waals surface area contributed by atoms with Crippen LogP contribution in [-0.2, 0) is 6.42 Å². The molecule has 2 rings (SSSR count). The number of aliphatic hydroxyl groups excluding tert-OH is 1. The van der Waals surface area contributed by atoms with E-state index in [1.54, 1.807) is 0 Å². The van der Waals surface area contributed by atoms with Crippen molar-refractivity contribution in [1.82, 2.24) is 0 Å². The molecule has 1 fully saturated rings. The van der Waals surface area contributed by atoms with Crippen LogP contribution in [0.2, 0.25) is 0 Å². The first-order chi connectivity index (χ1) is 9.69. The highest BCUT2D eigenvalue weighted by atomic mass is 16.5. The molecule has 0 spiro atoms. The number of aliphatic hydroxyl groups is 2. The van der Waals surface area contributed by atoms with Gasteiger partial charge in [-0.15, -0.1) is 0 Å². The zero-order chi connectivity index (χ0) is 14.4. The Labute approximate surface area is 120 Å². The highest BCUT2D eigenvalue weighted by molar-refractivity contribution is 5.33. The smallest absolute Gasteiger partial charge is 0.122 e. The third kappa shape index (κ3) is 3.51. The van der Waals surface area contributed by atoms with Gasteiger partial charge in [0.25, 0.3) is 0 Å². The van der Waals surface area contributed by atoms with Crippen molar-refractivity contribution in [1.29, 1.82) is 0 Å². The largest absolute Gasteiger partial charge is 0.493 e. The second-order valence-corrected chi connectivity index (χ2v) is 5.62. The van der Waals surface area contributed by atoms with Crippen LogP contribution in [0.15, 0.2) is 24.3 Å². The van der Waals surface area contributed by atoms with E-state index in [0.717, 1.165) is 37.0 Å². The number of hydrogen-bond donors (Lipinski definition) is 3. The van der Waals surface area contributed by atoms with Gasteiger partial charge in [-0.1, -0.05) is 24.6 Å². The maximum atomic E-state index is 10.4. The Balaban J connectivity index is 1.87. The van der Waals surface area contributed by atoms with Gasteiger partial charge in [0.15, 0.2) is 0 Å². The van der Waals surface area contributed by atoms with Crippen LogP contribution >= 0.6 is 0 Å². The van der Waals surface area contributed by atoms with Gasteiger partial charge in [0.05, 0.1) is 12.2 Å². The molecule has 4 N–H and O–H groups in total. The van der Waals surface area contributed by atoms with Gasteiger partial charge in [-0.2, -0.15) is 0 Å². The van der Waals surface area contributed by atoms with Crippen LogP contribution in [0.25, 0.3) is 0 Å². The average Bonchev–Trinajstić information content (AvgIpc) is 2.83. The van der Waals surface area contributed by atoms with Crippen LogP contribution in [0, 0.1) is 5.92 Å². The van der Waals surface area contributed by atoms with Crippen molar-refractivity contribution >= 4 is 0 Å². The van der Waals surface area contributed by atoms with Gasteiger partial charge in [-0.3, -0.25) is 0 Å². The van der Waals surface area contributed by atoms with E-state index >= 15 is 0 Å². The summed E-state index contributed by atoms with van der Waals surface area (Å²) in [6.45, 7) is 1.03. The maximum Gasteiger partial charge on any atom is 0.122 e. The first-order valence-electron chi connectivity index (χ1n) is 7.43. The zero-order valence-corrected chi connectivity index (χ0v) is 11.9. The van der Waals surface area contributed by atoms with E-state index in [-0.39, 0.29) is 12.5 Å². The van der Waals surface area contributed by atoms with E-state index in [2.05, 4.69) is 0 Å². The molecule has 4 nitrogen and oxygen atoms in total. The summed E-state index contributed by atoms with van der Waals surface area (Å²) in [5.74, 6) is 1.06. The number of rotatable bonds is 7. The molecule has 1 aromatic carbocycles. The van der Waals surface area contributed by atoms with E-state index < -0.39 is 5.60 Å². The molecule has 20 heavy (non-hydrogen) atoms. The molecule has 1 aliphatic rings. The van der Waals surface area contributed by atoms with Gasteiger partial charge < -0.3 is 20.7 Å². The molecule has 2 atom stereocenters. The number of hydrogen-bond acceptors (Lipinski definition) is 4. The highest BCUT2D eigenvalue weighted by Crippen LogP contribution is 2.37. The minimum atomic E-state index is -0.700. The molecule has 1 aliphatic carbocycles. The third-order valence-electron chi connectivity index (χ3n) is 4.35. The minimum Gasteiger partial charge on any atom is -0.493 e. The van der Waals surface area contributed by atoms with E-state index in [9.17, 15) is 5.11 Å². The Morgan fingerprint density at radius 2 is 2.15 bits per heavy atom. The Kier molecular flexibility index (Phi) is 5.40. The SMILES string of the molecule is NCC1(O)CCCC1CCOc1ccccc1CCO. The topological polar surface area (TPSA) is 75.7 Å². The predicted octanol–water partition coefficient (Wildman–Crippen LogP) is 1.48. The molecule has 0 heterocycles. The standard InChI is InChI=1S/C16H25NO3/c17-12-16(19)9-3-5-14(16)8-11-20-15-6-2-1-4-13(15)7-10-18/h1-2,4,6,14,18-19H,3,5,7-12,17H2. The van der Waals surface area contributed by atoms with Gasteiger partial charge in [-0.05, 0) is 43.2 Å². The quantitative estimate of drug-likeness (QED) is 0.706. The van der Waals surface area contributed by atoms with Crippen molar-refractivity contribution in [3.63, 3.8) is 0 Å². The molecular formula is C16H25NO3. The molecule has 0 aliphatic heterocycles. The van der Waals surface area contributed by atoms with Crippen molar-refractivity contribution in [2.45, 2.75) is 37.7 Å². The van der Waals surface area contributed by atoms with Gasteiger partial charge in [0.1, 0.15) is 5.75 Å². The zero-order valence-electron chi connectivity index (χ0n) is 11.9. The number of ether oxygens (including phenoxy) is 1. The molecule has 4 heteroatoms. The molecule has 112 valence electrons. The molecule has 0 aromatic heterocycles. The van der Waals surface area contributed by atoms with Crippen LogP contribution in [0.5, 0.6) is 5.75 Å². The van der Waals surface area contributed by atoms with Gasteiger partial charge >= 0.3 is 0 Å². The molecule has 0 bridgehead atoms. The first kappa shape index (κ1) is 15.3. The fraction of sp³-hybridized carbons (Fsp3) is 0.625. The van der Waals surface area contributed by atoms with Crippen molar-refractivity contribution < 1.29 is 14.9 Å². The number of para-hydroxylation sites is 1. The van der Waals surface area contributed by atoms with Gasteiger partial charge in [-0.25, -0.2) is 0 Å². The van der Waals surface area contributed by atoms with Crippen LogP contribution in [-0.4, -0.2) is 35.6 Å². The lowest BCUT2D eigenvalue weighted by molar-refractivity contribution is 0.00351. The summed E-state index contributed by atoms with van der Waals surface area (Å²) in [5.41, 5.74) is 6.01.